The zero-order valence-corrected chi connectivity index (χ0v) is 14.8. The number of aromatic nitrogens is 3. The molecular weight excluding hydrogens is 336 g/mol. The predicted molar refractivity (Wildman–Crippen MR) is 100 cm³/mol. The Morgan fingerprint density at radius 2 is 1.80 bits per heavy atom. The van der Waals surface area contributed by atoms with Crippen molar-refractivity contribution >= 4 is 18.4 Å². The summed E-state index contributed by atoms with van der Waals surface area (Å²) in [4.78, 5) is 0. The molecular formula is C18H18N4O2S. The summed E-state index contributed by atoms with van der Waals surface area (Å²) in [5.41, 5.74) is 1.82. The van der Waals surface area contributed by atoms with Crippen molar-refractivity contribution < 1.29 is 9.47 Å². The quantitative estimate of drug-likeness (QED) is 0.539. The van der Waals surface area contributed by atoms with Gasteiger partial charge >= 0.3 is 0 Å². The van der Waals surface area contributed by atoms with Gasteiger partial charge in [0, 0.05) is 5.56 Å². The predicted octanol–water partition coefficient (Wildman–Crippen LogP) is 3.90. The normalized spacial score (nSPS) is 11.0. The third-order valence-corrected chi connectivity index (χ3v) is 3.78. The van der Waals surface area contributed by atoms with E-state index >= 15 is 0 Å². The molecule has 1 heterocycles. The Balaban J connectivity index is 1.87. The van der Waals surface area contributed by atoms with Crippen LogP contribution < -0.4 is 9.47 Å². The van der Waals surface area contributed by atoms with E-state index in [9.17, 15) is 0 Å². The van der Waals surface area contributed by atoms with Crippen molar-refractivity contribution in [3.8, 4) is 22.9 Å². The molecule has 0 amide bonds. The van der Waals surface area contributed by atoms with Gasteiger partial charge in [0.25, 0.3) is 0 Å². The Morgan fingerprint density at radius 1 is 1.12 bits per heavy atom. The Labute approximate surface area is 150 Å². The van der Waals surface area contributed by atoms with Crippen LogP contribution in [0.1, 0.15) is 12.5 Å². The third kappa shape index (κ3) is 3.95. The Hall–Kier alpha value is -2.93. The van der Waals surface area contributed by atoms with Crippen molar-refractivity contribution in [2.24, 2.45) is 5.10 Å². The van der Waals surface area contributed by atoms with Gasteiger partial charge in [0.15, 0.2) is 5.82 Å². The molecule has 7 heteroatoms. The minimum absolute atomic E-state index is 0.424. The average molecular weight is 354 g/mol. The highest BCUT2D eigenvalue weighted by Gasteiger charge is 2.08. The molecule has 0 spiro atoms. The molecule has 1 aromatic heterocycles. The van der Waals surface area contributed by atoms with Gasteiger partial charge in [-0.1, -0.05) is 0 Å². The number of hydrogen-bond donors (Lipinski definition) is 1. The largest absolute Gasteiger partial charge is 0.497 e. The lowest BCUT2D eigenvalue weighted by Gasteiger charge is -2.04. The number of nitrogens with zero attached hydrogens (tertiary/aromatic N) is 3. The summed E-state index contributed by atoms with van der Waals surface area (Å²) in [5, 5.41) is 11.5. The topological polar surface area (TPSA) is 64.4 Å². The molecule has 0 saturated carbocycles. The number of rotatable bonds is 6. The van der Waals surface area contributed by atoms with E-state index in [4.69, 9.17) is 21.7 Å². The molecule has 0 aliphatic carbocycles. The number of nitrogens with one attached hydrogen (secondary N) is 1. The van der Waals surface area contributed by atoms with E-state index in [-0.39, 0.29) is 0 Å². The van der Waals surface area contributed by atoms with Crippen LogP contribution in [0.3, 0.4) is 0 Å². The van der Waals surface area contributed by atoms with Gasteiger partial charge in [-0.2, -0.15) is 14.9 Å². The van der Waals surface area contributed by atoms with Gasteiger partial charge in [0.2, 0.25) is 4.77 Å². The van der Waals surface area contributed by atoms with E-state index in [0.717, 1.165) is 22.6 Å². The summed E-state index contributed by atoms with van der Waals surface area (Å²) in [5.74, 6) is 2.25. The lowest BCUT2D eigenvalue weighted by molar-refractivity contribution is 0.340. The third-order valence-electron chi connectivity index (χ3n) is 3.51. The van der Waals surface area contributed by atoms with Crippen LogP contribution in [0, 0.1) is 4.77 Å². The lowest BCUT2D eigenvalue weighted by atomic mass is 10.2. The maximum Gasteiger partial charge on any atom is 0.216 e. The van der Waals surface area contributed by atoms with E-state index < -0.39 is 0 Å². The molecule has 0 saturated heterocycles. The van der Waals surface area contributed by atoms with Crippen molar-refractivity contribution in [2.75, 3.05) is 13.7 Å². The molecule has 0 aliphatic rings. The zero-order valence-electron chi connectivity index (χ0n) is 14.0. The van der Waals surface area contributed by atoms with Crippen LogP contribution >= 0.6 is 12.2 Å². The number of H-pyrrole nitrogens is 1. The molecule has 6 nitrogen and oxygen atoms in total. The molecule has 25 heavy (non-hydrogen) atoms. The number of aromatic amines is 1. The molecule has 0 unspecified atom stereocenters. The number of benzene rings is 2. The second-order valence-corrected chi connectivity index (χ2v) is 5.53. The number of methoxy groups -OCH3 is 1. The molecule has 1 N–H and O–H groups in total. The molecule has 3 rings (SSSR count). The molecule has 3 aromatic rings. The van der Waals surface area contributed by atoms with Crippen LogP contribution in [0.25, 0.3) is 11.4 Å². The van der Waals surface area contributed by atoms with Crippen molar-refractivity contribution in [2.45, 2.75) is 6.92 Å². The van der Waals surface area contributed by atoms with Crippen LogP contribution in [0.2, 0.25) is 0 Å². The van der Waals surface area contributed by atoms with E-state index in [2.05, 4.69) is 15.3 Å². The summed E-state index contributed by atoms with van der Waals surface area (Å²) in [7, 11) is 1.63. The number of hydrogen-bond acceptors (Lipinski definition) is 5. The maximum absolute atomic E-state index is 5.43. The van der Waals surface area contributed by atoms with Crippen LogP contribution in [-0.4, -0.2) is 34.8 Å². The van der Waals surface area contributed by atoms with Gasteiger partial charge in [-0.25, -0.2) is 5.10 Å². The van der Waals surface area contributed by atoms with Crippen LogP contribution in [0.15, 0.2) is 53.6 Å². The monoisotopic (exact) mass is 354 g/mol. The first-order valence-electron chi connectivity index (χ1n) is 7.80. The second-order valence-electron chi connectivity index (χ2n) is 5.14. The highest BCUT2D eigenvalue weighted by atomic mass is 32.1. The molecule has 0 fully saturated rings. The first kappa shape index (κ1) is 16.9. The minimum Gasteiger partial charge on any atom is -0.497 e. The first-order chi connectivity index (χ1) is 12.2. The molecule has 0 bridgehead atoms. The fraction of sp³-hybridized carbons (Fsp3) is 0.167. The molecule has 0 atom stereocenters. The van der Waals surface area contributed by atoms with Gasteiger partial charge in [-0.05, 0) is 73.2 Å². The Morgan fingerprint density at radius 3 is 2.44 bits per heavy atom. The highest BCUT2D eigenvalue weighted by molar-refractivity contribution is 7.71. The SMILES string of the molecule is CCOc1ccc(C=Nn2c(-c3ccc(OC)cc3)n[nH]c2=S)cc1. The number of ether oxygens (including phenoxy) is 2. The molecule has 128 valence electrons. The standard InChI is InChI=1S/C18H18N4O2S/c1-3-24-16-8-4-13(5-9-16)12-19-22-17(20-21-18(22)25)14-6-10-15(23-2)11-7-14/h4-12H,3H2,1-2H3,(H,21,25). The Kier molecular flexibility index (Phi) is 5.25. The summed E-state index contributed by atoms with van der Waals surface area (Å²) in [6, 6.07) is 15.2. The zero-order chi connectivity index (χ0) is 17.6. The Bertz CT molecular complexity index is 911. The van der Waals surface area contributed by atoms with Crippen molar-refractivity contribution in [1.82, 2.24) is 14.9 Å². The van der Waals surface area contributed by atoms with E-state index in [1.54, 1.807) is 18.0 Å². The lowest BCUT2D eigenvalue weighted by Crippen LogP contribution is -1.95. The van der Waals surface area contributed by atoms with Gasteiger partial charge in [-0.3, -0.25) is 0 Å². The van der Waals surface area contributed by atoms with E-state index in [0.29, 0.717) is 17.2 Å². The summed E-state index contributed by atoms with van der Waals surface area (Å²) in [6.07, 6.45) is 1.73. The van der Waals surface area contributed by atoms with Crippen LogP contribution in [0.4, 0.5) is 0 Å². The van der Waals surface area contributed by atoms with Gasteiger partial charge in [-0.15, -0.1) is 0 Å². The van der Waals surface area contributed by atoms with E-state index in [1.807, 2.05) is 55.5 Å². The first-order valence-corrected chi connectivity index (χ1v) is 8.21. The summed E-state index contributed by atoms with van der Waals surface area (Å²) < 4.78 is 12.6. The smallest absolute Gasteiger partial charge is 0.216 e. The van der Waals surface area contributed by atoms with Crippen LogP contribution in [-0.2, 0) is 0 Å². The van der Waals surface area contributed by atoms with Gasteiger partial charge in [0.05, 0.1) is 19.9 Å². The van der Waals surface area contributed by atoms with E-state index in [1.165, 1.54) is 0 Å². The fourth-order valence-electron chi connectivity index (χ4n) is 2.27. The molecule has 0 radical (unpaired) electrons. The second kappa shape index (κ2) is 7.76. The van der Waals surface area contributed by atoms with Crippen LogP contribution in [0.5, 0.6) is 11.5 Å². The van der Waals surface area contributed by atoms with Gasteiger partial charge < -0.3 is 9.47 Å². The summed E-state index contributed by atoms with van der Waals surface area (Å²) in [6.45, 7) is 2.60. The maximum atomic E-state index is 5.43. The highest BCUT2D eigenvalue weighted by Crippen LogP contribution is 2.21. The fourth-order valence-corrected chi connectivity index (χ4v) is 2.45. The van der Waals surface area contributed by atoms with Crippen molar-refractivity contribution in [1.29, 1.82) is 0 Å². The molecule has 0 aliphatic heterocycles. The molecule has 2 aromatic carbocycles. The summed E-state index contributed by atoms with van der Waals surface area (Å²) >= 11 is 5.28. The van der Waals surface area contributed by atoms with Crippen molar-refractivity contribution in [3.05, 3.63) is 58.9 Å². The van der Waals surface area contributed by atoms with Crippen molar-refractivity contribution in [3.63, 3.8) is 0 Å². The van der Waals surface area contributed by atoms with Gasteiger partial charge in [0.1, 0.15) is 11.5 Å². The average Bonchev–Trinajstić information content (AvgIpc) is 3.02. The minimum atomic E-state index is 0.424.